The Hall–Kier alpha value is -2.60. The quantitative estimate of drug-likeness (QED) is 0.766. The normalized spacial score (nSPS) is 11.6. The molecular weight excluding hydrogens is 299 g/mol. The van der Waals surface area contributed by atoms with Crippen molar-refractivity contribution in [3.05, 3.63) is 59.9 Å². The summed E-state index contributed by atoms with van der Waals surface area (Å²) >= 11 is 0. The highest BCUT2D eigenvalue weighted by molar-refractivity contribution is 5.91. The number of aliphatic hydroxyl groups is 1. The molecule has 0 aliphatic rings. The fourth-order valence-electron chi connectivity index (χ4n) is 2.23. The lowest BCUT2D eigenvalue weighted by Crippen LogP contribution is -2.33. The number of ether oxygens (including phenoxy) is 1. The molecule has 23 heavy (non-hydrogen) atoms. The Morgan fingerprint density at radius 3 is 2.65 bits per heavy atom. The van der Waals surface area contributed by atoms with Gasteiger partial charge < -0.3 is 20.5 Å². The third-order valence-electron chi connectivity index (χ3n) is 3.33. The number of amides is 2. The predicted octanol–water partition coefficient (Wildman–Crippen LogP) is 3.08. The van der Waals surface area contributed by atoms with Gasteiger partial charge in [0.1, 0.15) is 11.6 Å². The Kier molecular flexibility index (Phi) is 5.94. The van der Waals surface area contributed by atoms with Crippen LogP contribution in [0.4, 0.5) is 14.9 Å². The van der Waals surface area contributed by atoms with Gasteiger partial charge in [-0.15, -0.1) is 0 Å². The average molecular weight is 318 g/mol. The first-order chi connectivity index (χ1) is 11.1. The number of nitrogens with one attached hydrogen (secondary N) is 2. The summed E-state index contributed by atoms with van der Waals surface area (Å²) in [6, 6.07) is 12.3. The SMILES string of the molecule is COc1ccc(F)cc1NC(=O)N[C@H](CCO)c1ccccc1. The Morgan fingerprint density at radius 1 is 1.26 bits per heavy atom. The molecule has 0 aliphatic carbocycles. The highest BCUT2D eigenvalue weighted by atomic mass is 19.1. The lowest BCUT2D eigenvalue weighted by atomic mass is 10.0. The second-order valence-electron chi connectivity index (χ2n) is 4.92. The molecule has 0 aromatic heterocycles. The number of methoxy groups -OCH3 is 1. The fourth-order valence-corrected chi connectivity index (χ4v) is 2.23. The molecule has 2 amide bonds. The van der Waals surface area contributed by atoms with Gasteiger partial charge in [0.15, 0.2) is 0 Å². The number of carbonyl (C=O) groups is 1. The van der Waals surface area contributed by atoms with Crippen molar-refractivity contribution in [3.63, 3.8) is 0 Å². The van der Waals surface area contributed by atoms with E-state index in [4.69, 9.17) is 4.74 Å². The summed E-state index contributed by atoms with van der Waals surface area (Å²) in [7, 11) is 1.44. The van der Waals surface area contributed by atoms with Crippen molar-refractivity contribution in [2.75, 3.05) is 19.0 Å². The molecule has 122 valence electrons. The summed E-state index contributed by atoms with van der Waals surface area (Å²) in [6.07, 6.45) is 0.373. The van der Waals surface area contributed by atoms with Crippen LogP contribution in [-0.2, 0) is 0 Å². The number of aliphatic hydroxyl groups excluding tert-OH is 1. The molecule has 0 saturated carbocycles. The van der Waals surface area contributed by atoms with Gasteiger partial charge in [0, 0.05) is 12.7 Å². The first-order valence-electron chi connectivity index (χ1n) is 7.21. The molecule has 0 saturated heterocycles. The average Bonchev–Trinajstić information content (AvgIpc) is 2.55. The molecule has 2 aromatic carbocycles. The van der Waals surface area contributed by atoms with Crippen LogP contribution in [0.1, 0.15) is 18.0 Å². The van der Waals surface area contributed by atoms with E-state index in [-0.39, 0.29) is 18.3 Å². The number of hydrogen-bond donors (Lipinski definition) is 3. The Morgan fingerprint density at radius 2 is 2.00 bits per heavy atom. The van der Waals surface area contributed by atoms with Gasteiger partial charge in [-0.3, -0.25) is 0 Å². The molecule has 0 unspecified atom stereocenters. The summed E-state index contributed by atoms with van der Waals surface area (Å²) in [5.41, 5.74) is 1.11. The van der Waals surface area contributed by atoms with E-state index in [1.807, 2.05) is 30.3 Å². The van der Waals surface area contributed by atoms with Crippen LogP contribution in [0.5, 0.6) is 5.75 Å². The lowest BCUT2D eigenvalue weighted by molar-refractivity contribution is 0.239. The van der Waals surface area contributed by atoms with Gasteiger partial charge in [-0.2, -0.15) is 0 Å². The van der Waals surface area contributed by atoms with E-state index in [0.29, 0.717) is 12.2 Å². The van der Waals surface area contributed by atoms with Crippen LogP contribution in [-0.4, -0.2) is 24.9 Å². The van der Waals surface area contributed by atoms with Crippen LogP contribution in [0, 0.1) is 5.82 Å². The molecule has 2 aromatic rings. The van der Waals surface area contributed by atoms with Gasteiger partial charge in [0.2, 0.25) is 0 Å². The van der Waals surface area contributed by atoms with Gasteiger partial charge in [0.05, 0.1) is 18.8 Å². The van der Waals surface area contributed by atoms with E-state index >= 15 is 0 Å². The summed E-state index contributed by atoms with van der Waals surface area (Å²) in [5, 5.41) is 14.5. The first kappa shape index (κ1) is 16.8. The molecule has 0 spiro atoms. The van der Waals surface area contributed by atoms with Crippen molar-refractivity contribution < 1.29 is 19.0 Å². The lowest BCUT2D eigenvalue weighted by Gasteiger charge is -2.19. The predicted molar refractivity (Wildman–Crippen MR) is 86.0 cm³/mol. The highest BCUT2D eigenvalue weighted by Gasteiger charge is 2.15. The summed E-state index contributed by atoms with van der Waals surface area (Å²) in [4.78, 5) is 12.2. The number of rotatable bonds is 6. The highest BCUT2D eigenvalue weighted by Crippen LogP contribution is 2.25. The van der Waals surface area contributed by atoms with Crippen LogP contribution in [0.2, 0.25) is 0 Å². The van der Waals surface area contributed by atoms with Crippen molar-refractivity contribution in [3.8, 4) is 5.75 Å². The van der Waals surface area contributed by atoms with Gasteiger partial charge in [-0.1, -0.05) is 30.3 Å². The van der Waals surface area contributed by atoms with Gasteiger partial charge in [0.25, 0.3) is 0 Å². The third kappa shape index (κ3) is 4.69. The van der Waals surface area contributed by atoms with E-state index in [2.05, 4.69) is 10.6 Å². The van der Waals surface area contributed by atoms with Crippen molar-refractivity contribution in [1.82, 2.24) is 5.32 Å². The molecule has 0 radical (unpaired) electrons. The van der Waals surface area contributed by atoms with E-state index in [1.165, 1.54) is 25.3 Å². The molecule has 0 fully saturated rings. The molecule has 6 heteroatoms. The van der Waals surface area contributed by atoms with Gasteiger partial charge in [-0.25, -0.2) is 9.18 Å². The number of anilines is 1. The summed E-state index contributed by atoms with van der Waals surface area (Å²) < 4.78 is 18.4. The van der Waals surface area contributed by atoms with Crippen LogP contribution >= 0.6 is 0 Å². The van der Waals surface area contributed by atoms with E-state index < -0.39 is 11.8 Å². The van der Waals surface area contributed by atoms with Gasteiger partial charge in [-0.05, 0) is 24.1 Å². The minimum Gasteiger partial charge on any atom is -0.495 e. The minimum absolute atomic E-state index is 0.0663. The van der Waals surface area contributed by atoms with E-state index in [0.717, 1.165) is 5.56 Å². The minimum atomic E-state index is -0.504. The zero-order valence-electron chi connectivity index (χ0n) is 12.8. The molecule has 1 atom stereocenters. The van der Waals surface area contributed by atoms with Crippen molar-refractivity contribution >= 4 is 11.7 Å². The van der Waals surface area contributed by atoms with Crippen LogP contribution in [0.3, 0.4) is 0 Å². The zero-order valence-corrected chi connectivity index (χ0v) is 12.8. The monoisotopic (exact) mass is 318 g/mol. The molecule has 0 bridgehead atoms. The topological polar surface area (TPSA) is 70.6 Å². The summed E-state index contributed by atoms with van der Waals surface area (Å²) in [5.74, 6) is -0.115. The fraction of sp³-hybridized carbons (Fsp3) is 0.235. The molecule has 2 rings (SSSR count). The molecule has 0 aliphatic heterocycles. The standard InChI is InChI=1S/C17H19FN2O3/c1-23-16-8-7-13(18)11-15(16)20-17(22)19-14(9-10-21)12-5-3-2-4-6-12/h2-8,11,14,21H,9-10H2,1H3,(H2,19,20,22)/t14-/m1/s1. The van der Waals surface area contributed by atoms with Gasteiger partial charge >= 0.3 is 6.03 Å². The number of carbonyl (C=O) groups excluding carboxylic acids is 1. The Labute approximate surface area is 134 Å². The molecule has 0 heterocycles. The Balaban J connectivity index is 2.09. The Bertz CT molecular complexity index is 650. The van der Waals surface area contributed by atoms with Crippen molar-refractivity contribution in [2.24, 2.45) is 0 Å². The van der Waals surface area contributed by atoms with Crippen molar-refractivity contribution in [2.45, 2.75) is 12.5 Å². The maximum atomic E-state index is 13.3. The second kappa shape index (κ2) is 8.14. The zero-order chi connectivity index (χ0) is 16.7. The second-order valence-corrected chi connectivity index (χ2v) is 4.92. The van der Waals surface area contributed by atoms with Crippen molar-refractivity contribution in [1.29, 1.82) is 0 Å². The third-order valence-corrected chi connectivity index (χ3v) is 3.33. The first-order valence-corrected chi connectivity index (χ1v) is 7.21. The maximum Gasteiger partial charge on any atom is 0.319 e. The number of urea groups is 1. The molecular formula is C17H19FN2O3. The van der Waals surface area contributed by atoms with E-state index in [9.17, 15) is 14.3 Å². The van der Waals surface area contributed by atoms with Crippen LogP contribution < -0.4 is 15.4 Å². The largest absolute Gasteiger partial charge is 0.495 e. The number of hydrogen-bond acceptors (Lipinski definition) is 3. The summed E-state index contributed by atoms with van der Waals surface area (Å²) in [6.45, 7) is -0.0663. The maximum absolute atomic E-state index is 13.3. The van der Waals surface area contributed by atoms with Crippen LogP contribution in [0.25, 0.3) is 0 Å². The number of halogens is 1. The smallest absolute Gasteiger partial charge is 0.319 e. The van der Waals surface area contributed by atoms with E-state index in [1.54, 1.807) is 0 Å². The van der Waals surface area contributed by atoms with Crippen LogP contribution in [0.15, 0.2) is 48.5 Å². The number of benzene rings is 2. The molecule has 3 N–H and O–H groups in total. The molecule has 5 nitrogen and oxygen atoms in total.